The zero-order chi connectivity index (χ0) is 28.7. The van der Waals surface area contributed by atoms with Crippen LogP contribution in [0.3, 0.4) is 0 Å². The lowest BCUT2D eigenvalue weighted by Crippen LogP contribution is -2.54. The second-order valence-corrected chi connectivity index (χ2v) is 10.1. The van der Waals surface area contributed by atoms with Gasteiger partial charge in [-0.2, -0.15) is 4.98 Å². The van der Waals surface area contributed by atoms with Crippen LogP contribution in [0.25, 0.3) is 28.0 Å². The van der Waals surface area contributed by atoms with Gasteiger partial charge in [-0.25, -0.2) is 23.1 Å². The molecule has 1 atom stereocenters. The minimum absolute atomic E-state index is 0.0218. The summed E-state index contributed by atoms with van der Waals surface area (Å²) in [6, 6.07) is 4.49. The van der Waals surface area contributed by atoms with Crippen LogP contribution in [0.2, 0.25) is 5.02 Å². The van der Waals surface area contributed by atoms with Crippen molar-refractivity contribution < 1.29 is 18.1 Å². The molecule has 0 N–H and O–H groups in total. The van der Waals surface area contributed by atoms with Gasteiger partial charge < -0.3 is 14.3 Å². The predicted octanol–water partition coefficient (Wildman–Crippen LogP) is 4.85. The summed E-state index contributed by atoms with van der Waals surface area (Å²) < 4.78 is 35.4. The molecule has 12 heteroatoms. The van der Waals surface area contributed by atoms with Crippen LogP contribution >= 0.6 is 11.6 Å². The van der Waals surface area contributed by atoms with Crippen LogP contribution in [0, 0.1) is 18.6 Å². The number of benzene rings is 1. The smallest absolute Gasteiger partial charge is 0.356 e. The molecule has 1 aliphatic heterocycles. The number of nitrogens with zero attached hydrogens (tertiary/aromatic N) is 6. The molecule has 40 heavy (non-hydrogen) atoms. The largest absolute Gasteiger partial charge is 0.359 e. The first-order chi connectivity index (χ1) is 19.1. The summed E-state index contributed by atoms with van der Waals surface area (Å²) in [4.78, 5) is 38.7. The third-order valence-electron chi connectivity index (χ3n) is 6.97. The molecule has 5 rings (SSSR count). The normalized spacial score (nSPS) is 15.6. The average molecular weight is 569 g/mol. The molecule has 0 unspecified atom stereocenters. The number of amides is 1. The number of fused-ring (bicyclic) bond motifs is 1. The lowest BCUT2D eigenvalue weighted by molar-refractivity contribution is -0.126. The van der Waals surface area contributed by atoms with Gasteiger partial charge in [0.1, 0.15) is 28.8 Å². The van der Waals surface area contributed by atoms with E-state index in [1.165, 1.54) is 16.7 Å². The molecule has 0 radical (unpaired) electrons. The fourth-order valence-corrected chi connectivity index (χ4v) is 5.34. The van der Waals surface area contributed by atoms with Gasteiger partial charge >= 0.3 is 5.69 Å². The highest BCUT2D eigenvalue weighted by Gasteiger charge is 2.31. The molecule has 0 bridgehead atoms. The fraction of sp³-hybridized carbons (Fsp3) is 0.321. The summed E-state index contributed by atoms with van der Waals surface area (Å²) in [5, 5.41) is 4.60. The number of carbonyl (C=O) groups is 1. The highest BCUT2D eigenvalue weighted by atomic mass is 35.5. The van der Waals surface area contributed by atoms with Crippen molar-refractivity contribution in [1.29, 1.82) is 0 Å². The summed E-state index contributed by atoms with van der Waals surface area (Å²) in [6.45, 7) is 10.3. The molecular formula is C28H27ClF2N6O3. The van der Waals surface area contributed by atoms with Crippen molar-refractivity contribution in [2.45, 2.75) is 39.7 Å². The molecule has 4 heterocycles. The van der Waals surface area contributed by atoms with Crippen LogP contribution < -0.4 is 10.6 Å². The second kappa shape index (κ2) is 10.8. The molecule has 0 spiro atoms. The molecule has 1 saturated heterocycles. The van der Waals surface area contributed by atoms with Gasteiger partial charge in [0, 0.05) is 43.7 Å². The molecule has 9 nitrogen and oxygen atoms in total. The number of anilines is 1. The van der Waals surface area contributed by atoms with Gasteiger partial charge in [-0.15, -0.1) is 0 Å². The van der Waals surface area contributed by atoms with E-state index >= 15 is 0 Å². The van der Waals surface area contributed by atoms with Crippen LogP contribution in [0.15, 0.2) is 46.2 Å². The van der Waals surface area contributed by atoms with Crippen LogP contribution in [0.4, 0.5) is 14.6 Å². The number of carbonyl (C=O) groups excluding carboxylic acids is 1. The number of halogens is 3. The standard InChI is InChI=1S/C28H27ClF2N6O3/c1-5-7-22-25(16(4)34-40-22)37-27-19(13-20(29)24(32-27)18-9-8-17(30)12-21(18)31)26(33-28(37)39)36-11-10-35(14-15(36)3)23(38)6-2/h6,8-9,12-13,15H,2,5,7,10-11,14H2,1,3-4H3/t15-/m0/s1. The number of hydrogen-bond acceptors (Lipinski definition) is 7. The summed E-state index contributed by atoms with van der Waals surface area (Å²) in [5.41, 5.74) is 0.411. The summed E-state index contributed by atoms with van der Waals surface area (Å²) >= 11 is 6.66. The molecule has 0 saturated carbocycles. The summed E-state index contributed by atoms with van der Waals surface area (Å²) in [6.07, 6.45) is 2.51. The third-order valence-corrected chi connectivity index (χ3v) is 7.26. The van der Waals surface area contributed by atoms with Crippen molar-refractivity contribution in [3.63, 3.8) is 0 Å². The molecule has 3 aromatic heterocycles. The minimum Gasteiger partial charge on any atom is -0.359 e. The molecule has 4 aromatic rings. The van der Waals surface area contributed by atoms with E-state index in [-0.39, 0.29) is 33.9 Å². The highest BCUT2D eigenvalue weighted by molar-refractivity contribution is 6.33. The van der Waals surface area contributed by atoms with E-state index in [0.29, 0.717) is 54.4 Å². The van der Waals surface area contributed by atoms with Gasteiger partial charge in [0.2, 0.25) is 5.91 Å². The Bertz CT molecular complexity index is 1700. The van der Waals surface area contributed by atoms with Gasteiger partial charge in [-0.05, 0) is 44.5 Å². The van der Waals surface area contributed by atoms with E-state index < -0.39 is 17.3 Å². The number of rotatable bonds is 6. The monoisotopic (exact) mass is 568 g/mol. The summed E-state index contributed by atoms with van der Waals surface area (Å²) in [5.74, 6) is -0.952. The van der Waals surface area contributed by atoms with Crippen molar-refractivity contribution in [1.82, 2.24) is 24.6 Å². The van der Waals surface area contributed by atoms with Crippen molar-refractivity contribution in [3.8, 4) is 16.9 Å². The second-order valence-electron chi connectivity index (χ2n) is 9.69. The minimum atomic E-state index is -0.846. The Morgan fingerprint density at radius 3 is 2.70 bits per heavy atom. The van der Waals surface area contributed by atoms with Crippen molar-refractivity contribution in [3.05, 3.63) is 75.5 Å². The Balaban J connectivity index is 1.78. The average Bonchev–Trinajstić information content (AvgIpc) is 3.27. The van der Waals surface area contributed by atoms with E-state index in [0.717, 1.165) is 18.6 Å². The first kappa shape index (κ1) is 27.4. The van der Waals surface area contributed by atoms with Gasteiger partial charge in [-0.1, -0.05) is 30.3 Å². The Morgan fingerprint density at radius 1 is 1.25 bits per heavy atom. The van der Waals surface area contributed by atoms with Crippen LogP contribution in [-0.4, -0.2) is 56.2 Å². The fourth-order valence-electron chi connectivity index (χ4n) is 5.09. The zero-order valence-electron chi connectivity index (χ0n) is 22.2. The first-order valence-corrected chi connectivity index (χ1v) is 13.2. The van der Waals surface area contributed by atoms with Crippen molar-refractivity contribution in [2.24, 2.45) is 0 Å². The maximum absolute atomic E-state index is 14.9. The van der Waals surface area contributed by atoms with E-state index in [2.05, 4.69) is 21.7 Å². The molecule has 208 valence electrons. The highest BCUT2D eigenvalue weighted by Crippen LogP contribution is 2.36. The lowest BCUT2D eigenvalue weighted by atomic mass is 10.1. The third kappa shape index (κ3) is 4.74. The predicted molar refractivity (Wildman–Crippen MR) is 148 cm³/mol. The van der Waals surface area contributed by atoms with Crippen LogP contribution in [0.5, 0.6) is 0 Å². The van der Waals surface area contributed by atoms with E-state index in [1.807, 2.05) is 18.7 Å². The maximum Gasteiger partial charge on any atom is 0.356 e. The number of pyridine rings is 1. The number of piperazine rings is 1. The van der Waals surface area contributed by atoms with Crippen LogP contribution in [0.1, 0.15) is 31.7 Å². The molecular weight excluding hydrogens is 542 g/mol. The zero-order valence-corrected chi connectivity index (χ0v) is 23.0. The van der Waals surface area contributed by atoms with E-state index in [1.54, 1.807) is 17.9 Å². The van der Waals surface area contributed by atoms with Crippen molar-refractivity contribution >= 4 is 34.4 Å². The molecule has 0 aliphatic carbocycles. The Labute approximate surface area is 233 Å². The van der Waals surface area contributed by atoms with Gasteiger partial charge in [0.25, 0.3) is 0 Å². The molecule has 1 fully saturated rings. The van der Waals surface area contributed by atoms with E-state index in [9.17, 15) is 18.4 Å². The van der Waals surface area contributed by atoms with Gasteiger partial charge in [0.05, 0.1) is 16.1 Å². The molecule has 1 amide bonds. The topological polar surface area (TPSA) is 97.4 Å². The number of aromatic nitrogens is 4. The Hall–Kier alpha value is -4.12. The molecule has 1 aromatic carbocycles. The van der Waals surface area contributed by atoms with Gasteiger partial charge in [0.15, 0.2) is 11.4 Å². The quantitative estimate of drug-likeness (QED) is 0.307. The Kier molecular flexibility index (Phi) is 7.41. The SMILES string of the molecule is C=CC(=O)N1CCN(c2nc(=O)n(-c3c(C)noc3CCC)c3nc(-c4ccc(F)cc4F)c(Cl)cc23)[C@@H](C)C1. The maximum atomic E-state index is 14.9. The summed E-state index contributed by atoms with van der Waals surface area (Å²) in [7, 11) is 0. The lowest BCUT2D eigenvalue weighted by Gasteiger charge is -2.40. The van der Waals surface area contributed by atoms with E-state index in [4.69, 9.17) is 16.1 Å². The number of hydrogen-bond donors (Lipinski definition) is 0. The first-order valence-electron chi connectivity index (χ1n) is 12.9. The number of aryl methyl sites for hydroxylation is 2. The Morgan fingerprint density at radius 2 is 2.02 bits per heavy atom. The molecule has 1 aliphatic rings. The van der Waals surface area contributed by atoms with Gasteiger partial charge in [-0.3, -0.25) is 4.79 Å². The van der Waals surface area contributed by atoms with Crippen molar-refractivity contribution in [2.75, 3.05) is 24.5 Å². The van der Waals surface area contributed by atoms with Crippen LogP contribution in [-0.2, 0) is 11.2 Å².